The van der Waals surface area contributed by atoms with Crippen LogP contribution in [0.1, 0.15) is 12.8 Å². The summed E-state index contributed by atoms with van der Waals surface area (Å²) in [6, 6.07) is 12.9. The number of aliphatic carboxylic acids is 1. The lowest BCUT2D eigenvalue weighted by atomic mass is 10.1. The van der Waals surface area contributed by atoms with Gasteiger partial charge in [0.25, 0.3) is 0 Å². The van der Waals surface area contributed by atoms with Crippen LogP contribution in [0.25, 0.3) is 10.8 Å². The molecule has 2 N–H and O–H groups in total. The maximum atomic E-state index is 11.8. The van der Waals surface area contributed by atoms with Crippen molar-refractivity contribution in [2.75, 3.05) is 10.5 Å². The SMILES string of the molecule is O=C(O)CCCS(=O)(=O)Nc1ccc2ccccc2c1. The van der Waals surface area contributed by atoms with Gasteiger partial charge in [-0.05, 0) is 29.3 Å². The zero-order valence-electron chi connectivity index (χ0n) is 10.7. The van der Waals surface area contributed by atoms with E-state index in [1.165, 1.54) is 0 Å². The monoisotopic (exact) mass is 293 g/mol. The molecule has 0 fully saturated rings. The van der Waals surface area contributed by atoms with Gasteiger partial charge in [0.2, 0.25) is 10.0 Å². The highest BCUT2D eigenvalue weighted by Crippen LogP contribution is 2.19. The van der Waals surface area contributed by atoms with E-state index in [-0.39, 0.29) is 18.6 Å². The first-order valence-corrected chi connectivity index (χ1v) is 7.83. The van der Waals surface area contributed by atoms with E-state index >= 15 is 0 Å². The molecule has 0 heterocycles. The average Bonchev–Trinajstić information content (AvgIpc) is 2.37. The number of fused-ring (bicyclic) bond motifs is 1. The molecule has 0 aliphatic carbocycles. The average molecular weight is 293 g/mol. The Labute approximate surface area is 117 Å². The molecule has 0 aliphatic rings. The van der Waals surface area contributed by atoms with Gasteiger partial charge in [0.1, 0.15) is 0 Å². The number of hydrogen-bond donors (Lipinski definition) is 2. The second-order valence-corrected chi connectivity index (χ2v) is 6.32. The van der Waals surface area contributed by atoms with Crippen molar-refractivity contribution in [2.45, 2.75) is 12.8 Å². The molecule has 0 saturated heterocycles. The van der Waals surface area contributed by atoms with E-state index in [0.29, 0.717) is 5.69 Å². The summed E-state index contributed by atoms with van der Waals surface area (Å²) in [5.74, 6) is -1.20. The Hall–Kier alpha value is -2.08. The highest BCUT2D eigenvalue weighted by molar-refractivity contribution is 7.92. The van der Waals surface area contributed by atoms with Crippen molar-refractivity contribution >= 4 is 32.5 Å². The zero-order chi connectivity index (χ0) is 14.6. The van der Waals surface area contributed by atoms with E-state index < -0.39 is 16.0 Å². The first-order chi connectivity index (χ1) is 9.46. The van der Waals surface area contributed by atoms with E-state index in [2.05, 4.69) is 4.72 Å². The highest BCUT2D eigenvalue weighted by atomic mass is 32.2. The van der Waals surface area contributed by atoms with Crippen LogP contribution >= 0.6 is 0 Å². The first-order valence-electron chi connectivity index (χ1n) is 6.17. The molecule has 2 rings (SSSR count). The van der Waals surface area contributed by atoms with E-state index in [1.807, 2.05) is 30.3 Å². The molecule has 0 amide bonds. The number of rotatable bonds is 6. The molecule has 0 aliphatic heterocycles. The summed E-state index contributed by atoms with van der Waals surface area (Å²) in [5, 5.41) is 10.5. The van der Waals surface area contributed by atoms with Crippen LogP contribution in [-0.2, 0) is 14.8 Å². The minimum Gasteiger partial charge on any atom is -0.481 e. The summed E-state index contributed by atoms with van der Waals surface area (Å²) in [6.07, 6.45) is -0.0587. The summed E-state index contributed by atoms with van der Waals surface area (Å²) in [6.45, 7) is 0. The number of anilines is 1. The third-order valence-corrected chi connectivity index (χ3v) is 4.20. The molecular formula is C14H15NO4S. The molecular weight excluding hydrogens is 278 g/mol. The third-order valence-electron chi connectivity index (χ3n) is 2.83. The van der Waals surface area contributed by atoms with Gasteiger partial charge in [0, 0.05) is 12.1 Å². The standard InChI is InChI=1S/C14H15NO4S/c16-14(17)6-3-9-20(18,19)15-13-8-7-11-4-1-2-5-12(11)10-13/h1-2,4-5,7-8,10,15H,3,6,9H2,(H,16,17). The number of sulfonamides is 1. The summed E-state index contributed by atoms with van der Waals surface area (Å²) in [7, 11) is -3.51. The predicted molar refractivity (Wildman–Crippen MR) is 78.2 cm³/mol. The van der Waals surface area contributed by atoms with Gasteiger partial charge in [-0.1, -0.05) is 30.3 Å². The van der Waals surface area contributed by atoms with Crippen molar-refractivity contribution in [3.63, 3.8) is 0 Å². The Bertz CT molecular complexity index is 725. The molecule has 0 saturated carbocycles. The van der Waals surface area contributed by atoms with Crippen molar-refractivity contribution in [3.05, 3.63) is 42.5 Å². The highest BCUT2D eigenvalue weighted by Gasteiger charge is 2.11. The second kappa shape index (κ2) is 5.92. The number of carboxylic acid groups (broad SMARTS) is 1. The number of carbonyl (C=O) groups is 1. The van der Waals surface area contributed by atoms with Crippen LogP contribution in [0, 0.1) is 0 Å². The van der Waals surface area contributed by atoms with Gasteiger partial charge in [0.15, 0.2) is 0 Å². The Morgan fingerprint density at radius 2 is 1.80 bits per heavy atom. The Kier molecular flexibility index (Phi) is 4.24. The minimum atomic E-state index is -3.51. The van der Waals surface area contributed by atoms with Crippen LogP contribution in [0.2, 0.25) is 0 Å². The molecule has 20 heavy (non-hydrogen) atoms. The number of carboxylic acids is 1. The molecule has 0 unspecified atom stereocenters. The molecule has 0 radical (unpaired) electrons. The summed E-state index contributed by atoms with van der Waals surface area (Å²) < 4.78 is 26.1. The Morgan fingerprint density at radius 1 is 1.10 bits per heavy atom. The van der Waals surface area contributed by atoms with Crippen molar-refractivity contribution in [2.24, 2.45) is 0 Å². The van der Waals surface area contributed by atoms with Crippen LogP contribution < -0.4 is 4.72 Å². The number of benzene rings is 2. The lowest BCUT2D eigenvalue weighted by Crippen LogP contribution is -2.17. The van der Waals surface area contributed by atoms with E-state index in [4.69, 9.17) is 5.11 Å². The van der Waals surface area contributed by atoms with Crippen LogP contribution in [0.15, 0.2) is 42.5 Å². The van der Waals surface area contributed by atoms with Gasteiger partial charge in [-0.3, -0.25) is 9.52 Å². The Balaban J connectivity index is 2.08. The molecule has 2 aromatic carbocycles. The van der Waals surface area contributed by atoms with Gasteiger partial charge in [-0.15, -0.1) is 0 Å². The van der Waals surface area contributed by atoms with Crippen LogP contribution in [0.5, 0.6) is 0 Å². The number of nitrogens with one attached hydrogen (secondary N) is 1. The van der Waals surface area contributed by atoms with Crippen molar-refractivity contribution < 1.29 is 18.3 Å². The van der Waals surface area contributed by atoms with Gasteiger partial charge in [-0.2, -0.15) is 0 Å². The lowest BCUT2D eigenvalue weighted by molar-refractivity contribution is -0.137. The zero-order valence-corrected chi connectivity index (χ0v) is 11.6. The van der Waals surface area contributed by atoms with Gasteiger partial charge in [-0.25, -0.2) is 8.42 Å². The van der Waals surface area contributed by atoms with Crippen molar-refractivity contribution in [3.8, 4) is 0 Å². The minimum absolute atomic E-state index is 0.0955. The summed E-state index contributed by atoms with van der Waals surface area (Å²) in [4.78, 5) is 10.4. The van der Waals surface area contributed by atoms with Crippen LogP contribution in [0.4, 0.5) is 5.69 Å². The van der Waals surface area contributed by atoms with Crippen LogP contribution in [-0.4, -0.2) is 25.2 Å². The third kappa shape index (κ3) is 3.96. The molecule has 6 heteroatoms. The fourth-order valence-corrected chi connectivity index (χ4v) is 3.01. The fraction of sp³-hybridized carbons (Fsp3) is 0.214. The van der Waals surface area contributed by atoms with Crippen LogP contribution in [0.3, 0.4) is 0 Å². The maximum absolute atomic E-state index is 11.8. The maximum Gasteiger partial charge on any atom is 0.303 e. The first kappa shape index (κ1) is 14.3. The molecule has 0 bridgehead atoms. The molecule has 2 aromatic rings. The van der Waals surface area contributed by atoms with E-state index in [9.17, 15) is 13.2 Å². The second-order valence-electron chi connectivity index (χ2n) is 4.48. The molecule has 0 aromatic heterocycles. The van der Waals surface area contributed by atoms with Crippen molar-refractivity contribution in [1.82, 2.24) is 0 Å². The molecule has 0 spiro atoms. The Morgan fingerprint density at radius 3 is 2.50 bits per heavy atom. The number of hydrogen-bond acceptors (Lipinski definition) is 3. The van der Waals surface area contributed by atoms with Gasteiger partial charge < -0.3 is 5.11 Å². The predicted octanol–water partition coefficient (Wildman–Crippen LogP) is 2.45. The van der Waals surface area contributed by atoms with Gasteiger partial charge in [0.05, 0.1) is 5.75 Å². The molecule has 106 valence electrons. The lowest BCUT2D eigenvalue weighted by Gasteiger charge is -2.08. The fourth-order valence-electron chi connectivity index (χ4n) is 1.90. The van der Waals surface area contributed by atoms with E-state index in [1.54, 1.807) is 12.1 Å². The summed E-state index contributed by atoms with van der Waals surface area (Å²) in [5.41, 5.74) is 0.485. The largest absolute Gasteiger partial charge is 0.481 e. The molecule has 5 nitrogen and oxygen atoms in total. The smallest absolute Gasteiger partial charge is 0.303 e. The quantitative estimate of drug-likeness (QED) is 0.857. The topological polar surface area (TPSA) is 83.5 Å². The summed E-state index contributed by atoms with van der Waals surface area (Å²) >= 11 is 0. The van der Waals surface area contributed by atoms with E-state index in [0.717, 1.165) is 10.8 Å². The normalized spacial score (nSPS) is 11.4. The van der Waals surface area contributed by atoms with Gasteiger partial charge >= 0.3 is 5.97 Å². The molecule has 0 atom stereocenters. The van der Waals surface area contributed by atoms with Crippen molar-refractivity contribution in [1.29, 1.82) is 0 Å².